The molecule has 2 heterocycles. The van der Waals surface area contributed by atoms with Crippen molar-refractivity contribution in [1.29, 1.82) is 0 Å². The molecule has 7 heteroatoms. The van der Waals surface area contributed by atoms with Crippen LogP contribution in [0.3, 0.4) is 0 Å². The average Bonchev–Trinajstić information content (AvgIpc) is 2.67. The molecule has 2 fully saturated rings. The van der Waals surface area contributed by atoms with E-state index in [0.717, 1.165) is 45.2 Å². The van der Waals surface area contributed by atoms with Gasteiger partial charge in [-0.15, -0.1) is 24.0 Å². The lowest BCUT2D eigenvalue weighted by Crippen LogP contribution is -2.52. The summed E-state index contributed by atoms with van der Waals surface area (Å²) in [4.78, 5) is 9.58. The molecule has 158 valence electrons. The molecule has 0 aromatic heterocycles. The smallest absolute Gasteiger partial charge is 0.194 e. The fourth-order valence-electron chi connectivity index (χ4n) is 3.74. The van der Waals surface area contributed by atoms with E-state index in [9.17, 15) is 5.11 Å². The summed E-state index contributed by atoms with van der Waals surface area (Å²) >= 11 is 0. The van der Waals surface area contributed by atoms with Crippen molar-refractivity contribution in [3.05, 3.63) is 35.4 Å². The Morgan fingerprint density at radius 1 is 1.21 bits per heavy atom. The second kappa shape index (κ2) is 11.3. The number of aryl methyl sites for hydroxylation is 1. The van der Waals surface area contributed by atoms with Crippen molar-refractivity contribution in [2.45, 2.75) is 38.8 Å². The van der Waals surface area contributed by atoms with Crippen molar-refractivity contribution in [2.75, 3.05) is 52.5 Å². The third-order valence-electron chi connectivity index (χ3n) is 5.44. The van der Waals surface area contributed by atoms with Gasteiger partial charge in [0.2, 0.25) is 0 Å². The molecule has 6 nitrogen and oxygen atoms in total. The lowest BCUT2D eigenvalue weighted by atomic mass is 9.95. The Bertz CT molecular complexity index is 627. The van der Waals surface area contributed by atoms with Crippen LogP contribution in [0.5, 0.6) is 0 Å². The molecule has 28 heavy (non-hydrogen) atoms. The summed E-state index contributed by atoms with van der Waals surface area (Å²) in [7, 11) is 0. The summed E-state index contributed by atoms with van der Waals surface area (Å²) < 4.78 is 5.36. The molecule has 2 saturated heterocycles. The first-order valence-corrected chi connectivity index (χ1v) is 10.2. The molecule has 0 radical (unpaired) electrons. The molecular weight excluding hydrogens is 467 g/mol. The monoisotopic (exact) mass is 502 g/mol. The number of aliphatic imine (C=N–C) groups is 1. The van der Waals surface area contributed by atoms with E-state index < -0.39 is 5.60 Å². The average molecular weight is 502 g/mol. The third-order valence-corrected chi connectivity index (χ3v) is 5.44. The summed E-state index contributed by atoms with van der Waals surface area (Å²) in [5.41, 5.74) is 1.98. The van der Waals surface area contributed by atoms with E-state index in [2.05, 4.69) is 53.2 Å². The van der Waals surface area contributed by atoms with Gasteiger partial charge in [-0.1, -0.05) is 29.8 Å². The molecule has 0 spiro atoms. The molecule has 2 aliphatic rings. The summed E-state index contributed by atoms with van der Waals surface area (Å²) in [5, 5.41) is 14.1. The minimum atomic E-state index is -0.716. The predicted octanol–water partition coefficient (Wildman–Crippen LogP) is 2.24. The van der Waals surface area contributed by atoms with E-state index in [1.165, 1.54) is 11.1 Å². The standard InChI is InChI=1S/C21H34N4O2.HI/c1-3-22-20(23-17-21(26)7-13-27-14-8-21)25-11-9-24(10-12-25)16-19-6-4-5-18(2)15-19;/h4-6,15,26H,3,7-14,16-17H2,1-2H3,(H,22,23);1H. The molecule has 3 rings (SSSR count). The molecule has 0 saturated carbocycles. The number of piperazine rings is 1. The number of nitrogens with zero attached hydrogens (tertiary/aromatic N) is 3. The highest BCUT2D eigenvalue weighted by molar-refractivity contribution is 14.0. The highest BCUT2D eigenvalue weighted by Gasteiger charge is 2.30. The Balaban J connectivity index is 0.00000280. The van der Waals surface area contributed by atoms with Crippen LogP contribution in [0.4, 0.5) is 0 Å². The van der Waals surface area contributed by atoms with Crippen molar-refractivity contribution in [3.63, 3.8) is 0 Å². The zero-order valence-corrected chi connectivity index (χ0v) is 19.5. The van der Waals surface area contributed by atoms with Crippen LogP contribution in [-0.2, 0) is 11.3 Å². The largest absolute Gasteiger partial charge is 0.388 e. The molecular formula is C21H35IN4O2. The topological polar surface area (TPSA) is 60.3 Å². The molecule has 0 amide bonds. The molecule has 1 aromatic rings. The van der Waals surface area contributed by atoms with Crippen LogP contribution in [0.25, 0.3) is 0 Å². The lowest BCUT2D eigenvalue weighted by Gasteiger charge is -2.37. The maximum atomic E-state index is 10.7. The lowest BCUT2D eigenvalue weighted by molar-refractivity contribution is -0.0567. The predicted molar refractivity (Wildman–Crippen MR) is 124 cm³/mol. The van der Waals surface area contributed by atoms with Gasteiger partial charge in [0.15, 0.2) is 5.96 Å². The molecule has 1 aromatic carbocycles. The summed E-state index contributed by atoms with van der Waals surface area (Å²) in [6, 6.07) is 8.76. The van der Waals surface area contributed by atoms with E-state index in [1.54, 1.807) is 0 Å². The molecule has 2 N–H and O–H groups in total. The first-order valence-electron chi connectivity index (χ1n) is 10.2. The van der Waals surface area contributed by atoms with Crippen molar-refractivity contribution >= 4 is 29.9 Å². The van der Waals surface area contributed by atoms with E-state index in [0.29, 0.717) is 32.6 Å². The second-order valence-electron chi connectivity index (χ2n) is 7.76. The Hall–Kier alpha value is -0.900. The first kappa shape index (κ1) is 23.4. The highest BCUT2D eigenvalue weighted by Crippen LogP contribution is 2.21. The number of nitrogens with one attached hydrogen (secondary N) is 1. The van der Waals surface area contributed by atoms with Gasteiger partial charge in [-0.3, -0.25) is 9.89 Å². The zero-order chi connectivity index (χ0) is 19.1. The molecule has 0 aliphatic carbocycles. The van der Waals surface area contributed by atoms with Gasteiger partial charge in [0.1, 0.15) is 0 Å². The Morgan fingerprint density at radius 2 is 1.93 bits per heavy atom. The molecule has 0 atom stereocenters. The van der Waals surface area contributed by atoms with E-state index in [-0.39, 0.29) is 24.0 Å². The molecule has 2 aliphatic heterocycles. The van der Waals surface area contributed by atoms with Crippen LogP contribution in [0.1, 0.15) is 30.9 Å². The Morgan fingerprint density at radius 3 is 2.57 bits per heavy atom. The van der Waals surface area contributed by atoms with Crippen molar-refractivity contribution < 1.29 is 9.84 Å². The maximum absolute atomic E-state index is 10.7. The van der Waals surface area contributed by atoms with Crippen LogP contribution in [0, 0.1) is 6.92 Å². The normalized spacial score (nSPS) is 20.5. The van der Waals surface area contributed by atoms with Crippen LogP contribution in [0.15, 0.2) is 29.3 Å². The minimum Gasteiger partial charge on any atom is -0.388 e. The van der Waals surface area contributed by atoms with Crippen molar-refractivity contribution in [1.82, 2.24) is 15.1 Å². The quantitative estimate of drug-likeness (QED) is 0.368. The van der Waals surface area contributed by atoms with Gasteiger partial charge >= 0.3 is 0 Å². The number of rotatable bonds is 5. The summed E-state index contributed by atoms with van der Waals surface area (Å²) in [6.45, 7) is 11.7. The Labute approximate surface area is 186 Å². The third kappa shape index (κ3) is 6.86. The number of guanidine groups is 1. The van der Waals surface area contributed by atoms with Gasteiger partial charge in [0, 0.05) is 65.3 Å². The molecule has 0 bridgehead atoms. The number of aliphatic hydroxyl groups is 1. The van der Waals surface area contributed by atoms with Crippen molar-refractivity contribution in [2.24, 2.45) is 4.99 Å². The number of benzene rings is 1. The van der Waals surface area contributed by atoms with Crippen LogP contribution in [0.2, 0.25) is 0 Å². The zero-order valence-electron chi connectivity index (χ0n) is 17.2. The van der Waals surface area contributed by atoms with Gasteiger partial charge in [0.05, 0.1) is 12.1 Å². The summed E-state index contributed by atoms with van der Waals surface area (Å²) in [6.07, 6.45) is 1.33. The van der Waals surface area contributed by atoms with Gasteiger partial charge in [-0.05, 0) is 19.4 Å². The van der Waals surface area contributed by atoms with Gasteiger partial charge in [-0.25, -0.2) is 0 Å². The highest BCUT2D eigenvalue weighted by atomic mass is 127. The maximum Gasteiger partial charge on any atom is 0.194 e. The van der Waals surface area contributed by atoms with E-state index in [1.807, 2.05) is 0 Å². The number of hydrogen-bond donors (Lipinski definition) is 2. The summed E-state index contributed by atoms with van der Waals surface area (Å²) in [5.74, 6) is 0.924. The fraction of sp³-hybridized carbons (Fsp3) is 0.667. The van der Waals surface area contributed by atoms with Crippen LogP contribution < -0.4 is 5.32 Å². The van der Waals surface area contributed by atoms with Gasteiger partial charge in [-0.2, -0.15) is 0 Å². The van der Waals surface area contributed by atoms with Crippen LogP contribution in [-0.4, -0.2) is 78.9 Å². The Kier molecular flexibility index (Phi) is 9.46. The first-order chi connectivity index (χ1) is 13.1. The van der Waals surface area contributed by atoms with Crippen LogP contribution >= 0.6 is 24.0 Å². The van der Waals surface area contributed by atoms with E-state index >= 15 is 0 Å². The number of hydrogen-bond acceptors (Lipinski definition) is 4. The SMILES string of the molecule is CCNC(=NCC1(O)CCOCC1)N1CCN(Cc2cccc(C)c2)CC1.I. The van der Waals surface area contributed by atoms with Crippen molar-refractivity contribution in [3.8, 4) is 0 Å². The second-order valence-corrected chi connectivity index (χ2v) is 7.76. The van der Waals surface area contributed by atoms with Gasteiger partial charge < -0.3 is 20.1 Å². The number of ether oxygens (including phenoxy) is 1. The van der Waals surface area contributed by atoms with E-state index in [4.69, 9.17) is 9.73 Å². The minimum absolute atomic E-state index is 0. The number of halogens is 1. The fourth-order valence-corrected chi connectivity index (χ4v) is 3.74. The molecule has 0 unspecified atom stereocenters. The van der Waals surface area contributed by atoms with Gasteiger partial charge in [0.25, 0.3) is 0 Å².